The number of thiazole rings is 1. The largest absolute Gasteiger partial charge is 0.326 e. The summed E-state index contributed by atoms with van der Waals surface area (Å²) in [5.74, 6) is -0.0520. The van der Waals surface area contributed by atoms with Gasteiger partial charge in [0, 0.05) is 34.3 Å². The Hall–Kier alpha value is -2.06. The number of amides is 2. The Morgan fingerprint density at radius 3 is 2.39 bits per heavy atom. The molecule has 0 saturated heterocycles. The van der Waals surface area contributed by atoms with E-state index in [4.69, 9.17) is 23.2 Å². The van der Waals surface area contributed by atoms with Crippen LogP contribution in [-0.2, 0) is 9.59 Å². The Balaban J connectivity index is 1.55. The number of hydrogen-bond donors (Lipinski definition) is 2. The van der Waals surface area contributed by atoms with Crippen LogP contribution in [0.4, 0.5) is 11.4 Å². The van der Waals surface area contributed by atoms with E-state index >= 15 is 0 Å². The number of hydrogen-bond acceptors (Lipinski definition) is 5. The van der Waals surface area contributed by atoms with Crippen LogP contribution < -0.4 is 10.6 Å². The summed E-state index contributed by atoms with van der Waals surface area (Å²) in [6.45, 7) is 1.44. The molecule has 0 aliphatic carbocycles. The van der Waals surface area contributed by atoms with Gasteiger partial charge < -0.3 is 10.6 Å². The second-order valence-corrected chi connectivity index (χ2v) is 8.64. The highest BCUT2D eigenvalue weighted by Gasteiger charge is 2.11. The number of nitrogens with zero attached hydrogens (tertiary/aromatic N) is 1. The maximum atomic E-state index is 12.2. The van der Waals surface area contributed by atoms with Crippen LogP contribution in [-0.4, -0.2) is 22.6 Å². The first-order chi connectivity index (χ1) is 13.4. The van der Waals surface area contributed by atoms with Crippen LogP contribution in [0, 0.1) is 0 Å². The standard InChI is InChI=1S/C19H15Cl2N3O2S2/c1-11(25)22-13-3-5-14(6-4-13)23-18(26)10-28-19-24-17(9-27-19)15-7-2-12(20)8-16(15)21/h2-9H,10H2,1H3,(H,22,25)(H,23,26). The van der Waals surface area contributed by atoms with E-state index in [1.165, 1.54) is 30.0 Å². The molecule has 3 rings (SSSR count). The number of nitrogens with one attached hydrogen (secondary N) is 2. The third-order valence-electron chi connectivity index (χ3n) is 3.51. The molecule has 2 amide bonds. The predicted octanol–water partition coefficient (Wildman–Crippen LogP) is 5.81. The monoisotopic (exact) mass is 451 g/mol. The molecule has 0 saturated carbocycles. The van der Waals surface area contributed by atoms with Crippen molar-refractivity contribution in [1.29, 1.82) is 0 Å². The first-order valence-corrected chi connectivity index (χ1v) is 10.7. The van der Waals surface area contributed by atoms with Gasteiger partial charge in [-0.3, -0.25) is 9.59 Å². The zero-order chi connectivity index (χ0) is 20.1. The average molecular weight is 452 g/mol. The number of carbonyl (C=O) groups is 2. The third-order valence-corrected chi connectivity index (χ3v) is 6.07. The van der Waals surface area contributed by atoms with Gasteiger partial charge in [-0.2, -0.15) is 0 Å². The van der Waals surface area contributed by atoms with E-state index in [1.807, 2.05) is 11.4 Å². The van der Waals surface area contributed by atoms with Crippen LogP contribution in [0.1, 0.15) is 6.92 Å². The second-order valence-electron chi connectivity index (χ2n) is 5.72. The molecule has 0 bridgehead atoms. The quantitative estimate of drug-likeness (QED) is 0.464. The van der Waals surface area contributed by atoms with Gasteiger partial charge in [-0.05, 0) is 42.5 Å². The lowest BCUT2D eigenvalue weighted by Gasteiger charge is -2.06. The van der Waals surface area contributed by atoms with Crippen molar-refractivity contribution in [3.8, 4) is 11.3 Å². The summed E-state index contributed by atoms with van der Waals surface area (Å²) >= 11 is 14.9. The first-order valence-electron chi connectivity index (χ1n) is 8.12. The van der Waals surface area contributed by atoms with E-state index in [9.17, 15) is 9.59 Å². The Bertz CT molecular complexity index is 1010. The number of aromatic nitrogens is 1. The highest BCUT2D eigenvalue weighted by Crippen LogP contribution is 2.33. The van der Waals surface area contributed by atoms with Crippen LogP contribution >= 0.6 is 46.3 Å². The van der Waals surface area contributed by atoms with E-state index < -0.39 is 0 Å². The lowest BCUT2D eigenvalue weighted by Crippen LogP contribution is -2.14. The molecule has 144 valence electrons. The van der Waals surface area contributed by atoms with Crippen LogP contribution in [0.25, 0.3) is 11.3 Å². The summed E-state index contributed by atoms with van der Waals surface area (Å²) in [6, 6.07) is 12.2. The maximum absolute atomic E-state index is 12.2. The fourth-order valence-electron chi connectivity index (χ4n) is 2.31. The molecule has 0 unspecified atom stereocenters. The van der Waals surface area contributed by atoms with Crippen molar-refractivity contribution in [2.75, 3.05) is 16.4 Å². The summed E-state index contributed by atoms with van der Waals surface area (Å²) in [6.07, 6.45) is 0. The lowest BCUT2D eigenvalue weighted by molar-refractivity contribution is -0.114. The summed E-state index contributed by atoms with van der Waals surface area (Å²) in [7, 11) is 0. The highest BCUT2D eigenvalue weighted by atomic mass is 35.5. The van der Waals surface area contributed by atoms with Gasteiger partial charge in [0.2, 0.25) is 11.8 Å². The smallest absolute Gasteiger partial charge is 0.234 e. The normalized spacial score (nSPS) is 10.5. The third kappa shape index (κ3) is 5.72. The molecule has 0 aliphatic heterocycles. The van der Waals surface area contributed by atoms with E-state index in [0.29, 0.717) is 21.4 Å². The van der Waals surface area contributed by atoms with Gasteiger partial charge in [0.1, 0.15) is 0 Å². The van der Waals surface area contributed by atoms with E-state index in [1.54, 1.807) is 36.4 Å². The minimum absolute atomic E-state index is 0.140. The van der Waals surface area contributed by atoms with Crippen LogP contribution in [0.3, 0.4) is 0 Å². The molecule has 9 heteroatoms. The predicted molar refractivity (Wildman–Crippen MR) is 118 cm³/mol. The van der Waals surface area contributed by atoms with Crippen molar-refractivity contribution in [3.63, 3.8) is 0 Å². The van der Waals surface area contributed by atoms with E-state index in [2.05, 4.69) is 15.6 Å². The highest BCUT2D eigenvalue weighted by molar-refractivity contribution is 8.01. The zero-order valence-electron chi connectivity index (χ0n) is 14.7. The molecule has 3 aromatic rings. The van der Waals surface area contributed by atoms with Crippen LogP contribution in [0.15, 0.2) is 52.2 Å². The molecule has 1 heterocycles. The molecular weight excluding hydrogens is 437 g/mol. The van der Waals surface area contributed by atoms with Crippen LogP contribution in [0.5, 0.6) is 0 Å². The Kier molecular flexibility index (Phi) is 6.96. The Labute approximate surface area is 180 Å². The van der Waals surface area contributed by atoms with Crippen molar-refractivity contribution in [2.45, 2.75) is 11.3 Å². The molecule has 2 aromatic carbocycles. The van der Waals surface area contributed by atoms with Crippen molar-refractivity contribution in [1.82, 2.24) is 4.98 Å². The van der Waals surface area contributed by atoms with Gasteiger partial charge in [0.05, 0.1) is 16.5 Å². The molecular formula is C19H15Cl2N3O2S2. The number of carbonyl (C=O) groups excluding carboxylic acids is 2. The molecule has 1 aromatic heterocycles. The number of benzene rings is 2. The van der Waals surface area contributed by atoms with Gasteiger partial charge >= 0.3 is 0 Å². The van der Waals surface area contributed by atoms with Crippen molar-refractivity contribution < 1.29 is 9.59 Å². The molecule has 0 atom stereocenters. The summed E-state index contributed by atoms with van der Waals surface area (Å²) in [4.78, 5) is 27.7. The Morgan fingerprint density at radius 2 is 1.75 bits per heavy atom. The summed E-state index contributed by atoms with van der Waals surface area (Å²) in [5.41, 5.74) is 2.89. The fourth-order valence-corrected chi connectivity index (χ4v) is 4.44. The molecule has 0 spiro atoms. The molecule has 2 N–H and O–H groups in total. The summed E-state index contributed by atoms with van der Waals surface area (Å²) < 4.78 is 0.775. The molecule has 0 radical (unpaired) electrons. The van der Waals surface area contributed by atoms with E-state index in [0.717, 1.165) is 15.6 Å². The molecule has 5 nitrogen and oxygen atoms in total. The fraction of sp³-hybridized carbons (Fsp3) is 0.105. The lowest BCUT2D eigenvalue weighted by atomic mass is 10.2. The SMILES string of the molecule is CC(=O)Nc1ccc(NC(=O)CSc2nc(-c3ccc(Cl)cc3Cl)cs2)cc1. The van der Waals surface area contributed by atoms with Crippen molar-refractivity contribution >= 4 is 69.5 Å². The van der Waals surface area contributed by atoms with Gasteiger partial charge in [-0.15, -0.1) is 11.3 Å². The molecule has 0 aliphatic rings. The summed E-state index contributed by atoms with van der Waals surface area (Å²) in [5, 5.41) is 8.50. The minimum Gasteiger partial charge on any atom is -0.326 e. The van der Waals surface area contributed by atoms with Gasteiger partial charge in [-0.1, -0.05) is 35.0 Å². The average Bonchev–Trinajstić information content (AvgIpc) is 3.10. The van der Waals surface area contributed by atoms with Crippen molar-refractivity contribution in [2.24, 2.45) is 0 Å². The number of halogens is 2. The molecule has 0 fully saturated rings. The van der Waals surface area contributed by atoms with Gasteiger partial charge in [0.15, 0.2) is 4.34 Å². The van der Waals surface area contributed by atoms with Gasteiger partial charge in [-0.25, -0.2) is 4.98 Å². The topological polar surface area (TPSA) is 71.1 Å². The minimum atomic E-state index is -0.143. The molecule has 28 heavy (non-hydrogen) atoms. The zero-order valence-corrected chi connectivity index (χ0v) is 17.8. The maximum Gasteiger partial charge on any atom is 0.234 e. The number of anilines is 2. The Morgan fingerprint density at radius 1 is 1.07 bits per heavy atom. The van der Waals surface area contributed by atoms with Crippen molar-refractivity contribution in [3.05, 3.63) is 57.9 Å². The number of rotatable bonds is 6. The van der Waals surface area contributed by atoms with Gasteiger partial charge in [0.25, 0.3) is 0 Å². The first kappa shape index (κ1) is 20.7. The second kappa shape index (κ2) is 9.43. The van der Waals surface area contributed by atoms with Crippen LogP contribution in [0.2, 0.25) is 10.0 Å². The number of thioether (sulfide) groups is 1. The van der Waals surface area contributed by atoms with E-state index in [-0.39, 0.29) is 17.6 Å².